The Morgan fingerprint density at radius 2 is 2.21 bits per heavy atom. The molecule has 0 spiro atoms. The number of aromatic nitrogens is 5. The van der Waals surface area contributed by atoms with Gasteiger partial charge in [0, 0.05) is 23.2 Å². The second kappa shape index (κ2) is 7.47. The number of fused-ring (bicyclic) bond motifs is 1. The molecule has 4 aromatic rings. The summed E-state index contributed by atoms with van der Waals surface area (Å²) in [7, 11) is 0. The first kappa shape index (κ1) is 17.7. The van der Waals surface area contributed by atoms with Crippen molar-refractivity contribution in [1.82, 2.24) is 30.5 Å². The molecule has 4 rings (SSSR count). The first-order chi connectivity index (χ1) is 13.6. The van der Waals surface area contributed by atoms with Gasteiger partial charge >= 0.3 is 0 Å². The van der Waals surface area contributed by atoms with Crippen LogP contribution in [0.25, 0.3) is 10.8 Å². The van der Waals surface area contributed by atoms with E-state index < -0.39 is 0 Å². The van der Waals surface area contributed by atoms with Gasteiger partial charge in [0.15, 0.2) is 18.1 Å². The Morgan fingerprint density at radius 1 is 1.32 bits per heavy atom. The van der Waals surface area contributed by atoms with E-state index in [1.54, 1.807) is 26.2 Å². The van der Waals surface area contributed by atoms with Crippen LogP contribution in [0, 0.1) is 6.92 Å². The molecule has 3 aromatic heterocycles. The number of benzene rings is 1. The maximum Gasteiger partial charge on any atom is 0.273 e. The summed E-state index contributed by atoms with van der Waals surface area (Å²) in [4.78, 5) is 24.8. The van der Waals surface area contributed by atoms with Crippen LogP contribution in [0.5, 0.6) is 5.75 Å². The molecule has 0 radical (unpaired) electrons. The minimum absolute atomic E-state index is 0.102. The quantitative estimate of drug-likeness (QED) is 0.529. The molecule has 3 heterocycles. The molecule has 1 atom stereocenters. The summed E-state index contributed by atoms with van der Waals surface area (Å²) in [6.45, 7) is 3.69. The first-order valence-corrected chi connectivity index (χ1v) is 8.70. The average Bonchev–Trinajstić information content (AvgIpc) is 3.35. The van der Waals surface area contributed by atoms with Crippen LogP contribution in [0.2, 0.25) is 0 Å². The molecule has 0 aliphatic carbocycles. The number of H-pyrrole nitrogens is 1. The number of amides is 1. The molecule has 142 valence electrons. The lowest BCUT2D eigenvalue weighted by atomic mass is 10.1. The average molecular weight is 378 g/mol. The van der Waals surface area contributed by atoms with Crippen LogP contribution < -0.4 is 10.1 Å². The van der Waals surface area contributed by atoms with Gasteiger partial charge < -0.3 is 14.5 Å². The molecule has 28 heavy (non-hydrogen) atoms. The van der Waals surface area contributed by atoms with E-state index in [9.17, 15) is 4.79 Å². The summed E-state index contributed by atoms with van der Waals surface area (Å²) in [5, 5.41) is 11.5. The Balaban J connectivity index is 1.40. The Bertz CT molecular complexity index is 1110. The fourth-order valence-electron chi connectivity index (χ4n) is 2.73. The van der Waals surface area contributed by atoms with Crippen molar-refractivity contribution in [2.24, 2.45) is 0 Å². The standard InChI is InChI=1S/C19H18N6O3/c1-11(18-22-12(2)24-25-18)21-19(26)15-9-28-17(23-15)10-27-16-5-3-4-13-8-20-7-6-14(13)16/h3-9,11H,10H2,1-2H3,(H,21,26)(H,22,24,25). The molecule has 0 bridgehead atoms. The Hall–Kier alpha value is -3.75. The smallest absolute Gasteiger partial charge is 0.273 e. The van der Waals surface area contributed by atoms with Gasteiger partial charge in [-0.1, -0.05) is 12.1 Å². The highest BCUT2D eigenvalue weighted by molar-refractivity contribution is 5.92. The number of hydrogen-bond acceptors (Lipinski definition) is 7. The van der Waals surface area contributed by atoms with Crippen LogP contribution in [0.4, 0.5) is 0 Å². The van der Waals surface area contributed by atoms with Gasteiger partial charge in [-0.15, -0.1) is 0 Å². The predicted octanol–water partition coefficient (Wildman–Crippen LogP) is 2.72. The molecule has 0 aliphatic heterocycles. The number of rotatable bonds is 6. The highest BCUT2D eigenvalue weighted by Gasteiger charge is 2.18. The van der Waals surface area contributed by atoms with Crippen molar-refractivity contribution in [2.45, 2.75) is 26.5 Å². The monoisotopic (exact) mass is 378 g/mol. The van der Waals surface area contributed by atoms with Crippen LogP contribution in [0.15, 0.2) is 47.3 Å². The second-order valence-electron chi connectivity index (χ2n) is 6.24. The van der Waals surface area contributed by atoms with Crippen LogP contribution in [0.1, 0.15) is 41.0 Å². The fraction of sp³-hybridized carbons (Fsp3) is 0.211. The Kier molecular flexibility index (Phi) is 4.71. The summed E-state index contributed by atoms with van der Waals surface area (Å²) in [5.74, 6) is 1.81. The van der Waals surface area contributed by atoms with E-state index in [1.165, 1.54) is 6.26 Å². The third-order valence-corrected chi connectivity index (χ3v) is 4.13. The summed E-state index contributed by atoms with van der Waals surface area (Å²) in [6.07, 6.45) is 4.78. The Morgan fingerprint density at radius 3 is 3.04 bits per heavy atom. The number of oxazole rings is 1. The molecule has 0 fully saturated rings. The van der Waals surface area contributed by atoms with Gasteiger partial charge in [-0.2, -0.15) is 5.10 Å². The van der Waals surface area contributed by atoms with Crippen LogP contribution in [-0.4, -0.2) is 31.1 Å². The Labute approximate surface area is 160 Å². The van der Waals surface area contributed by atoms with E-state index >= 15 is 0 Å². The van der Waals surface area contributed by atoms with Crippen molar-refractivity contribution in [2.75, 3.05) is 0 Å². The van der Waals surface area contributed by atoms with Gasteiger partial charge in [0.1, 0.15) is 17.8 Å². The number of nitrogens with one attached hydrogen (secondary N) is 2. The lowest BCUT2D eigenvalue weighted by Gasteiger charge is -2.08. The van der Waals surface area contributed by atoms with Gasteiger partial charge in [0.25, 0.3) is 5.91 Å². The molecule has 1 amide bonds. The van der Waals surface area contributed by atoms with Crippen molar-refractivity contribution >= 4 is 16.7 Å². The molecule has 0 saturated carbocycles. The van der Waals surface area contributed by atoms with Gasteiger partial charge in [-0.25, -0.2) is 9.97 Å². The zero-order valence-electron chi connectivity index (χ0n) is 15.3. The van der Waals surface area contributed by atoms with E-state index in [0.29, 0.717) is 23.3 Å². The van der Waals surface area contributed by atoms with E-state index in [4.69, 9.17) is 9.15 Å². The second-order valence-corrected chi connectivity index (χ2v) is 6.24. The van der Waals surface area contributed by atoms with Crippen molar-refractivity contribution in [3.05, 3.63) is 66.2 Å². The lowest BCUT2D eigenvalue weighted by molar-refractivity contribution is 0.0933. The first-order valence-electron chi connectivity index (χ1n) is 8.70. The van der Waals surface area contributed by atoms with Crippen molar-refractivity contribution in [1.29, 1.82) is 0 Å². The third-order valence-electron chi connectivity index (χ3n) is 4.13. The van der Waals surface area contributed by atoms with Crippen molar-refractivity contribution in [3.8, 4) is 5.75 Å². The lowest BCUT2D eigenvalue weighted by Crippen LogP contribution is -2.27. The maximum atomic E-state index is 12.4. The van der Waals surface area contributed by atoms with E-state index in [-0.39, 0.29) is 24.2 Å². The van der Waals surface area contributed by atoms with E-state index in [0.717, 1.165) is 10.8 Å². The summed E-state index contributed by atoms with van der Waals surface area (Å²) >= 11 is 0. The molecule has 9 heteroatoms. The summed E-state index contributed by atoms with van der Waals surface area (Å²) in [6, 6.07) is 7.22. The topological polar surface area (TPSA) is 119 Å². The molecule has 0 aliphatic rings. The predicted molar refractivity (Wildman–Crippen MR) is 99.6 cm³/mol. The van der Waals surface area contributed by atoms with Gasteiger partial charge in [0.05, 0.1) is 6.04 Å². The number of pyridine rings is 1. The van der Waals surface area contributed by atoms with E-state index in [1.807, 2.05) is 24.3 Å². The number of carbonyl (C=O) groups is 1. The number of ether oxygens (including phenoxy) is 1. The summed E-state index contributed by atoms with van der Waals surface area (Å²) in [5.41, 5.74) is 0.167. The number of hydrogen-bond donors (Lipinski definition) is 2. The number of carbonyl (C=O) groups excluding carboxylic acids is 1. The molecule has 2 N–H and O–H groups in total. The minimum Gasteiger partial charge on any atom is -0.483 e. The third kappa shape index (κ3) is 3.68. The summed E-state index contributed by atoms with van der Waals surface area (Å²) < 4.78 is 11.2. The number of nitrogens with zero attached hydrogens (tertiary/aromatic N) is 4. The number of aromatic amines is 1. The number of aryl methyl sites for hydroxylation is 1. The van der Waals surface area contributed by atoms with Crippen LogP contribution in [0.3, 0.4) is 0 Å². The molecular weight excluding hydrogens is 360 g/mol. The maximum absolute atomic E-state index is 12.4. The molecule has 1 unspecified atom stereocenters. The molecule has 1 aromatic carbocycles. The van der Waals surface area contributed by atoms with Crippen LogP contribution in [-0.2, 0) is 6.61 Å². The van der Waals surface area contributed by atoms with Crippen molar-refractivity contribution < 1.29 is 13.9 Å². The largest absolute Gasteiger partial charge is 0.483 e. The highest BCUT2D eigenvalue weighted by Crippen LogP contribution is 2.25. The SMILES string of the molecule is Cc1nc(C(C)NC(=O)c2coc(COc3cccc4cnccc34)n2)n[nH]1. The zero-order chi connectivity index (χ0) is 19.5. The molecule has 9 nitrogen and oxygen atoms in total. The highest BCUT2D eigenvalue weighted by atomic mass is 16.5. The molecular formula is C19H18N6O3. The zero-order valence-corrected chi connectivity index (χ0v) is 15.3. The molecule has 0 saturated heterocycles. The van der Waals surface area contributed by atoms with Gasteiger partial charge in [0.2, 0.25) is 5.89 Å². The van der Waals surface area contributed by atoms with Crippen molar-refractivity contribution in [3.63, 3.8) is 0 Å². The normalized spacial score (nSPS) is 12.1. The van der Waals surface area contributed by atoms with Gasteiger partial charge in [-0.3, -0.25) is 14.9 Å². The fourth-order valence-corrected chi connectivity index (χ4v) is 2.73. The van der Waals surface area contributed by atoms with E-state index in [2.05, 4.69) is 30.5 Å². The van der Waals surface area contributed by atoms with Gasteiger partial charge in [-0.05, 0) is 26.0 Å². The minimum atomic E-state index is -0.374. The van der Waals surface area contributed by atoms with Crippen LogP contribution >= 0.6 is 0 Å².